The van der Waals surface area contributed by atoms with Crippen LogP contribution in [0.2, 0.25) is 0 Å². The summed E-state index contributed by atoms with van der Waals surface area (Å²) in [5.74, 6) is 0. The summed E-state index contributed by atoms with van der Waals surface area (Å²) in [7, 11) is -2.07. The minimum Gasteiger partial charge on any atom is -0.378 e. The third-order valence-electron chi connectivity index (χ3n) is 3.01. The number of para-hydroxylation sites is 1. The highest BCUT2D eigenvalue weighted by molar-refractivity contribution is 7.89. The molecule has 1 aromatic carbocycles. The van der Waals surface area contributed by atoms with Crippen molar-refractivity contribution in [3.05, 3.63) is 42.2 Å². The molecule has 108 valence electrons. The Morgan fingerprint density at radius 2 is 2.00 bits per heavy atom. The van der Waals surface area contributed by atoms with E-state index in [0.717, 1.165) is 12.2 Å². The van der Waals surface area contributed by atoms with Crippen LogP contribution in [0.1, 0.15) is 12.6 Å². The van der Waals surface area contributed by atoms with Gasteiger partial charge in [-0.05, 0) is 32.2 Å². The van der Waals surface area contributed by atoms with Crippen molar-refractivity contribution in [1.29, 1.82) is 0 Å². The molecule has 0 spiro atoms. The Labute approximate surface area is 118 Å². The molecule has 0 bridgehead atoms. The fraction of sp³-hybridized carbons (Fsp3) is 0.308. The first-order valence-electron chi connectivity index (χ1n) is 6.35. The third kappa shape index (κ3) is 3.00. The van der Waals surface area contributed by atoms with Gasteiger partial charge in [0.2, 0.25) is 10.0 Å². The molecule has 2 aromatic rings. The summed E-state index contributed by atoms with van der Waals surface area (Å²) in [6.45, 7) is 3.31. The minimum atomic E-state index is -3.47. The summed E-state index contributed by atoms with van der Waals surface area (Å²) < 4.78 is 28.1. The summed E-state index contributed by atoms with van der Waals surface area (Å²) in [4.78, 5) is 0.241. The zero-order chi connectivity index (χ0) is 14.6. The molecule has 20 heavy (non-hydrogen) atoms. The van der Waals surface area contributed by atoms with Crippen LogP contribution in [0.4, 0.5) is 5.69 Å². The number of benzene rings is 1. The van der Waals surface area contributed by atoms with Crippen molar-refractivity contribution in [3.8, 4) is 0 Å². The second kappa shape index (κ2) is 6.06. The third-order valence-corrected chi connectivity index (χ3v) is 4.48. The standard InChI is InChI=1S/C13H18N4O2S/c1-3-17-11(8-9-16-17)10-15-12-6-4-5-7-13(12)20(18,19)14-2/h4-9,14-15H,3,10H2,1-2H3. The van der Waals surface area contributed by atoms with Crippen molar-refractivity contribution < 1.29 is 8.42 Å². The molecule has 0 amide bonds. The van der Waals surface area contributed by atoms with E-state index in [0.29, 0.717) is 12.2 Å². The van der Waals surface area contributed by atoms with Crippen molar-refractivity contribution in [2.45, 2.75) is 24.9 Å². The van der Waals surface area contributed by atoms with Gasteiger partial charge in [-0.15, -0.1) is 0 Å². The van der Waals surface area contributed by atoms with E-state index in [9.17, 15) is 8.42 Å². The lowest BCUT2D eigenvalue weighted by Gasteiger charge is -2.12. The maximum Gasteiger partial charge on any atom is 0.242 e. The fourth-order valence-corrected chi connectivity index (χ4v) is 2.85. The molecule has 0 atom stereocenters. The number of aryl methyl sites for hydroxylation is 1. The van der Waals surface area contributed by atoms with Gasteiger partial charge in [0.05, 0.1) is 17.9 Å². The van der Waals surface area contributed by atoms with Crippen LogP contribution in [0.15, 0.2) is 41.4 Å². The monoisotopic (exact) mass is 294 g/mol. The van der Waals surface area contributed by atoms with E-state index in [-0.39, 0.29) is 4.90 Å². The minimum absolute atomic E-state index is 0.241. The van der Waals surface area contributed by atoms with E-state index < -0.39 is 10.0 Å². The molecular weight excluding hydrogens is 276 g/mol. The van der Waals surface area contributed by atoms with E-state index in [4.69, 9.17) is 0 Å². The van der Waals surface area contributed by atoms with Crippen molar-refractivity contribution in [2.24, 2.45) is 0 Å². The Bertz CT molecular complexity index is 679. The van der Waals surface area contributed by atoms with Crippen LogP contribution < -0.4 is 10.0 Å². The highest BCUT2D eigenvalue weighted by atomic mass is 32.2. The number of rotatable bonds is 6. The topological polar surface area (TPSA) is 76.0 Å². The summed E-state index contributed by atoms with van der Waals surface area (Å²) in [5, 5.41) is 7.33. The molecule has 0 saturated carbocycles. The molecule has 0 saturated heterocycles. The molecule has 2 N–H and O–H groups in total. The largest absolute Gasteiger partial charge is 0.378 e. The number of sulfonamides is 1. The summed E-state index contributed by atoms with van der Waals surface area (Å²) in [6, 6.07) is 8.73. The zero-order valence-electron chi connectivity index (χ0n) is 11.5. The van der Waals surface area contributed by atoms with Crippen molar-refractivity contribution in [1.82, 2.24) is 14.5 Å². The van der Waals surface area contributed by atoms with Crippen LogP contribution in [-0.2, 0) is 23.1 Å². The smallest absolute Gasteiger partial charge is 0.242 e. The molecule has 6 nitrogen and oxygen atoms in total. The van der Waals surface area contributed by atoms with Crippen LogP contribution in [0, 0.1) is 0 Å². The van der Waals surface area contributed by atoms with Crippen molar-refractivity contribution in [3.63, 3.8) is 0 Å². The fourth-order valence-electron chi connectivity index (χ4n) is 1.94. The highest BCUT2D eigenvalue weighted by Gasteiger charge is 2.15. The van der Waals surface area contributed by atoms with Crippen LogP contribution in [0.25, 0.3) is 0 Å². The Balaban J connectivity index is 2.23. The molecule has 0 unspecified atom stereocenters. The van der Waals surface area contributed by atoms with Gasteiger partial charge in [-0.1, -0.05) is 12.1 Å². The molecule has 0 aliphatic heterocycles. The first-order chi connectivity index (χ1) is 9.58. The van der Waals surface area contributed by atoms with Gasteiger partial charge in [-0.25, -0.2) is 13.1 Å². The van der Waals surface area contributed by atoms with Gasteiger partial charge < -0.3 is 5.32 Å². The highest BCUT2D eigenvalue weighted by Crippen LogP contribution is 2.21. The molecule has 2 rings (SSSR count). The quantitative estimate of drug-likeness (QED) is 0.845. The van der Waals surface area contributed by atoms with Gasteiger partial charge in [0, 0.05) is 12.7 Å². The van der Waals surface area contributed by atoms with Gasteiger partial charge in [-0.3, -0.25) is 4.68 Å². The second-order valence-electron chi connectivity index (χ2n) is 4.20. The van der Waals surface area contributed by atoms with Crippen molar-refractivity contribution >= 4 is 15.7 Å². The first kappa shape index (κ1) is 14.5. The number of hydrogen-bond donors (Lipinski definition) is 2. The zero-order valence-corrected chi connectivity index (χ0v) is 12.3. The molecule has 0 fully saturated rings. The van der Waals surface area contributed by atoms with E-state index in [1.807, 2.05) is 17.7 Å². The number of hydrogen-bond acceptors (Lipinski definition) is 4. The van der Waals surface area contributed by atoms with Gasteiger partial charge in [0.1, 0.15) is 4.90 Å². The molecule has 1 heterocycles. The summed E-state index contributed by atoms with van der Waals surface area (Å²) >= 11 is 0. The molecule has 0 aliphatic carbocycles. The van der Waals surface area contributed by atoms with Crippen LogP contribution in [0.3, 0.4) is 0 Å². The normalized spacial score (nSPS) is 11.5. The molecular formula is C13H18N4O2S. The maximum atomic E-state index is 11.9. The summed E-state index contributed by atoms with van der Waals surface area (Å²) in [5.41, 5.74) is 1.58. The van der Waals surface area contributed by atoms with Crippen molar-refractivity contribution in [2.75, 3.05) is 12.4 Å². The van der Waals surface area contributed by atoms with Crippen LogP contribution in [-0.4, -0.2) is 25.2 Å². The summed E-state index contributed by atoms with van der Waals surface area (Å²) in [6.07, 6.45) is 1.73. The maximum absolute atomic E-state index is 11.9. The van der Waals surface area contributed by atoms with E-state index >= 15 is 0 Å². The second-order valence-corrected chi connectivity index (χ2v) is 6.05. The van der Waals surface area contributed by atoms with Gasteiger partial charge in [-0.2, -0.15) is 5.10 Å². The van der Waals surface area contributed by atoms with Gasteiger partial charge in [0.15, 0.2) is 0 Å². The van der Waals surface area contributed by atoms with Gasteiger partial charge >= 0.3 is 0 Å². The number of nitrogens with one attached hydrogen (secondary N) is 2. The lowest BCUT2D eigenvalue weighted by atomic mass is 10.3. The Hall–Kier alpha value is -1.86. The average Bonchev–Trinajstić information content (AvgIpc) is 2.93. The first-order valence-corrected chi connectivity index (χ1v) is 7.84. The lowest BCUT2D eigenvalue weighted by Crippen LogP contribution is -2.20. The number of nitrogens with zero attached hydrogens (tertiary/aromatic N) is 2. The lowest BCUT2D eigenvalue weighted by molar-refractivity contribution is 0.588. The molecule has 7 heteroatoms. The van der Waals surface area contributed by atoms with E-state index in [2.05, 4.69) is 15.1 Å². The Morgan fingerprint density at radius 1 is 1.25 bits per heavy atom. The predicted octanol–water partition coefficient (Wildman–Crippen LogP) is 1.42. The Morgan fingerprint density at radius 3 is 2.70 bits per heavy atom. The van der Waals surface area contributed by atoms with E-state index in [1.54, 1.807) is 30.5 Å². The number of anilines is 1. The number of aromatic nitrogens is 2. The van der Waals surface area contributed by atoms with E-state index in [1.165, 1.54) is 7.05 Å². The SMILES string of the molecule is CCn1nccc1CNc1ccccc1S(=O)(=O)NC. The predicted molar refractivity (Wildman–Crippen MR) is 77.9 cm³/mol. The molecule has 0 aliphatic rings. The average molecular weight is 294 g/mol. The Kier molecular flexibility index (Phi) is 4.41. The van der Waals surface area contributed by atoms with Crippen LogP contribution in [0.5, 0.6) is 0 Å². The van der Waals surface area contributed by atoms with Gasteiger partial charge in [0.25, 0.3) is 0 Å². The molecule has 0 radical (unpaired) electrons. The molecule has 1 aromatic heterocycles. The van der Waals surface area contributed by atoms with Crippen LogP contribution >= 0.6 is 0 Å².